The average molecular weight is 306 g/mol. The molecule has 4 heterocycles. The van der Waals surface area contributed by atoms with Gasteiger partial charge in [0.25, 0.3) is 0 Å². The van der Waals surface area contributed by atoms with Gasteiger partial charge in [-0.05, 0) is 43.7 Å². The molecule has 114 valence electrons. The molecule has 0 saturated carbocycles. The van der Waals surface area contributed by atoms with E-state index >= 15 is 0 Å². The maximum absolute atomic E-state index is 13.0. The van der Waals surface area contributed by atoms with Gasteiger partial charge in [0.05, 0.1) is 17.7 Å². The number of anilines is 1. The molecule has 4 nitrogen and oxygen atoms in total. The fourth-order valence-electron chi connectivity index (χ4n) is 4.15. The Morgan fingerprint density at radius 1 is 1.33 bits per heavy atom. The van der Waals surface area contributed by atoms with Crippen LogP contribution in [0, 0.1) is 5.41 Å². The normalized spacial score (nSPS) is 34.2. The number of thiophene rings is 1. The summed E-state index contributed by atoms with van der Waals surface area (Å²) in [5.41, 5.74) is 0.950. The Labute approximate surface area is 129 Å². The van der Waals surface area contributed by atoms with E-state index in [-0.39, 0.29) is 5.41 Å². The van der Waals surface area contributed by atoms with Gasteiger partial charge in [-0.2, -0.15) is 11.3 Å². The van der Waals surface area contributed by atoms with Crippen molar-refractivity contribution in [2.24, 2.45) is 5.41 Å². The number of hydrogen-bond acceptors (Lipinski definition) is 4. The first-order chi connectivity index (χ1) is 10.3. The number of hydrogen-bond donors (Lipinski definition) is 0. The highest BCUT2D eigenvalue weighted by molar-refractivity contribution is 7.08. The molecule has 3 aliphatic rings. The van der Waals surface area contributed by atoms with Crippen LogP contribution >= 0.6 is 11.3 Å². The summed E-state index contributed by atoms with van der Waals surface area (Å²) in [6, 6.07) is 2.60. The van der Waals surface area contributed by atoms with Crippen molar-refractivity contribution in [3.05, 3.63) is 16.8 Å². The van der Waals surface area contributed by atoms with E-state index in [2.05, 4.69) is 21.7 Å². The van der Waals surface area contributed by atoms with Crippen molar-refractivity contribution in [1.29, 1.82) is 0 Å². The second-order valence-electron chi connectivity index (χ2n) is 6.56. The van der Waals surface area contributed by atoms with Gasteiger partial charge in [-0.1, -0.05) is 0 Å². The van der Waals surface area contributed by atoms with Crippen molar-refractivity contribution >= 4 is 22.9 Å². The maximum atomic E-state index is 13.0. The SMILES string of the molecule is O=C1N(c2ccsc2)CCC12CCCN(C1CCOC1)C2. The smallest absolute Gasteiger partial charge is 0.234 e. The quantitative estimate of drug-likeness (QED) is 0.841. The Kier molecular flexibility index (Phi) is 3.52. The summed E-state index contributed by atoms with van der Waals surface area (Å²) in [6.45, 7) is 4.66. The molecule has 3 aliphatic heterocycles. The van der Waals surface area contributed by atoms with Crippen LogP contribution < -0.4 is 4.90 Å². The summed E-state index contributed by atoms with van der Waals surface area (Å²) in [5.74, 6) is 0.351. The number of ether oxygens (including phenoxy) is 1. The summed E-state index contributed by atoms with van der Waals surface area (Å²) >= 11 is 1.66. The summed E-state index contributed by atoms with van der Waals surface area (Å²) < 4.78 is 5.53. The highest BCUT2D eigenvalue weighted by Crippen LogP contribution is 2.43. The molecule has 3 fully saturated rings. The zero-order valence-electron chi connectivity index (χ0n) is 12.3. The fraction of sp³-hybridized carbons (Fsp3) is 0.688. The summed E-state index contributed by atoms with van der Waals surface area (Å²) in [5, 5.41) is 4.14. The van der Waals surface area contributed by atoms with Crippen molar-refractivity contribution in [3.8, 4) is 0 Å². The lowest BCUT2D eigenvalue weighted by Crippen LogP contribution is -2.51. The van der Waals surface area contributed by atoms with Crippen LogP contribution in [0.4, 0.5) is 5.69 Å². The summed E-state index contributed by atoms with van der Waals surface area (Å²) in [6.07, 6.45) is 4.32. The van der Waals surface area contributed by atoms with Crippen LogP contribution in [0.1, 0.15) is 25.7 Å². The van der Waals surface area contributed by atoms with E-state index in [0.29, 0.717) is 11.9 Å². The highest BCUT2D eigenvalue weighted by atomic mass is 32.1. The first-order valence-electron chi connectivity index (χ1n) is 7.94. The molecule has 4 rings (SSSR count). The van der Waals surface area contributed by atoms with Crippen LogP contribution in [0.3, 0.4) is 0 Å². The molecule has 3 saturated heterocycles. The summed E-state index contributed by atoms with van der Waals surface area (Å²) in [4.78, 5) is 17.5. The van der Waals surface area contributed by atoms with E-state index in [1.165, 1.54) is 0 Å². The molecule has 2 atom stereocenters. The molecular weight excluding hydrogens is 284 g/mol. The molecule has 5 heteroatoms. The van der Waals surface area contributed by atoms with Crippen LogP contribution in [0.5, 0.6) is 0 Å². The van der Waals surface area contributed by atoms with Gasteiger partial charge < -0.3 is 9.64 Å². The van der Waals surface area contributed by atoms with Crippen molar-refractivity contribution in [2.45, 2.75) is 31.7 Å². The number of nitrogens with zero attached hydrogens (tertiary/aromatic N) is 2. The van der Waals surface area contributed by atoms with Gasteiger partial charge >= 0.3 is 0 Å². The lowest BCUT2D eigenvalue weighted by Gasteiger charge is -2.41. The molecule has 21 heavy (non-hydrogen) atoms. The van der Waals surface area contributed by atoms with Crippen molar-refractivity contribution in [2.75, 3.05) is 37.7 Å². The van der Waals surface area contributed by atoms with E-state index in [1.54, 1.807) is 11.3 Å². The lowest BCUT2D eigenvalue weighted by atomic mass is 9.78. The Balaban J connectivity index is 1.52. The number of likely N-dealkylation sites (tertiary alicyclic amines) is 1. The third-order valence-electron chi connectivity index (χ3n) is 5.36. The predicted octanol–water partition coefficient (Wildman–Crippen LogP) is 2.36. The van der Waals surface area contributed by atoms with Gasteiger partial charge in [0.15, 0.2) is 0 Å². The predicted molar refractivity (Wildman–Crippen MR) is 83.8 cm³/mol. The van der Waals surface area contributed by atoms with Crippen LogP contribution in [0.15, 0.2) is 16.8 Å². The first kappa shape index (κ1) is 13.7. The third-order valence-corrected chi connectivity index (χ3v) is 6.03. The largest absolute Gasteiger partial charge is 0.380 e. The van der Waals surface area contributed by atoms with Gasteiger partial charge in [0.1, 0.15) is 0 Å². The van der Waals surface area contributed by atoms with Gasteiger partial charge in [-0.25, -0.2) is 0 Å². The molecule has 0 bridgehead atoms. The monoisotopic (exact) mass is 306 g/mol. The van der Waals surface area contributed by atoms with Gasteiger partial charge in [0.2, 0.25) is 5.91 Å². The maximum Gasteiger partial charge on any atom is 0.234 e. The highest BCUT2D eigenvalue weighted by Gasteiger charge is 2.50. The van der Waals surface area contributed by atoms with E-state index in [9.17, 15) is 4.79 Å². The van der Waals surface area contributed by atoms with Crippen LogP contribution in [-0.2, 0) is 9.53 Å². The molecule has 0 N–H and O–H groups in total. The molecule has 0 radical (unpaired) electrons. The number of carbonyl (C=O) groups is 1. The topological polar surface area (TPSA) is 32.8 Å². The van der Waals surface area contributed by atoms with Gasteiger partial charge in [-0.15, -0.1) is 0 Å². The minimum absolute atomic E-state index is 0.136. The Hall–Kier alpha value is -0.910. The van der Waals surface area contributed by atoms with Gasteiger partial charge in [0, 0.05) is 31.1 Å². The molecule has 0 aliphatic carbocycles. The number of rotatable bonds is 2. The van der Waals surface area contributed by atoms with Crippen LogP contribution in [-0.4, -0.2) is 49.7 Å². The van der Waals surface area contributed by atoms with E-state index in [0.717, 1.165) is 64.2 Å². The van der Waals surface area contributed by atoms with Crippen LogP contribution in [0.25, 0.3) is 0 Å². The number of carbonyl (C=O) groups excluding carboxylic acids is 1. The van der Waals surface area contributed by atoms with Crippen molar-refractivity contribution < 1.29 is 9.53 Å². The van der Waals surface area contributed by atoms with Crippen molar-refractivity contribution in [3.63, 3.8) is 0 Å². The minimum atomic E-state index is -0.136. The molecule has 0 aromatic carbocycles. The summed E-state index contributed by atoms with van der Waals surface area (Å²) in [7, 11) is 0. The molecule has 1 amide bonds. The van der Waals surface area contributed by atoms with Crippen LogP contribution in [0.2, 0.25) is 0 Å². The van der Waals surface area contributed by atoms with Gasteiger partial charge in [-0.3, -0.25) is 9.69 Å². The molecular formula is C16H22N2O2S. The molecule has 1 aromatic rings. The third kappa shape index (κ3) is 2.31. The standard InChI is InChI=1S/C16H22N2O2S/c19-15-16(5-7-18(15)14-3-9-21-11-14)4-1-6-17(12-16)13-2-8-20-10-13/h3,9,11,13H,1-2,4-8,10,12H2. The van der Waals surface area contributed by atoms with E-state index in [4.69, 9.17) is 4.74 Å². The van der Waals surface area contributed by atoms with E-state index < -0.39 is 0 Å². The average Bonchev–Trinajstić information content (AvgIpc) is 3.23. The molecule has 2 unspecified atom stereocenters. The second kappa shape index (κ2) is 5.38. The second-order valence-corrected chi connectivity index (χ2v) is 7.34. The Morgan fingerprint density at radius 2 is 2.29 bits per heavy atom. The van der Waals surface area contributed by atoms with Crippen molar-refractivity contribution in [1.82, 2.24) is 4.90 Å². The first-order valence-corrected chi connectivity index (χ1v) is 8.89. The Bertz CT molecular complexity index is 512. The minimum Gasteiger partial charge on any atom is -0.380 e. The lowest BCUT2D eigenvalue weighted by molar-refractivity contribution is -0.129. The number of amides is 1. The number of piperidine rings is 1. The molecule has 1 aromatic heterocycles. The fourth-order valence-corrected chi connectivity index (χ4v) is 4.79. The molecule has 1 spiro atoms. The Morgan fingerprint density at radius 3 is 3.05 bits per heavy atom. The zero-order valence-corrected chi connectivity index (χ0v) is 13.1. The van der Waals surface area contributed by atoms with E-state index in [1.807, 2.05) is 4.90 Å². The zero-order chi connectivity index (χ0) is 14.3.